The van der Waals surface area contributed by atoms with Gasteiger partial charge >= 0.3 is 5.97 Å². The van der Waals surface area contributed by atoms with Gasteiger partial charge in [-0.1, -0.05) is 32.1 Å². The summed E-state index contributed by atoms with van der Waals surface area (Å²) in [6.45, 7) is 3.92. The molecule has 100 valence electrons. The molecule has 0 bridgehead atoms. The van der Waals surface area contributed by atoms with Gasteiger partial charge in [-0.25, -0.2) is 0 Å². The van der Waals surface area contributed by atoms with Gasteiger partial charge < -0.3 is 10.0 Å². The van der Waals surface area contributed by atoms with Crippen molar-refractivity contribution >= 4 is 5.97 Å². The normalized spacial score (nSPS) is 16.5. The van der Waals surface area contributed by atoms with Crippen LogP contribution in [0.2, 0.25) is 0 Å². The summed E-state index contributed by atoms with van der Waals surface area (Å²) >= 11 is 0. The van der Waals surface area contributed by atoms with Crippen molar-refractivity contribution in [2.45, 2.75) is 64.2 Å². The van der Waals surface area contributed by atoms with Crippen LogP contribution in [-0.2, 0) is 4.79 Å². The topological polar surface area (TPSA) is 40.5 Å². The van der Waals surface area contributed by atoms with Crippen LogP contribution in [0.25, 0.3) is 0 Å². The van der Waals surface area contributed by atoms with Crippen molar-refractivity contribution in [3.05, 3.63) is 0 Å². The minimum absolute atomic E-state index is 0.342. The highest BCUT2D eigenvalue weighted by atomic mass is 16.4. The number of unbranched alkanes of at least 4 members (excludes halogenated alkanes) is 6. The number of carboxylic acid groups (broad SMARTS) is 1. The van der Waals surface area contributed by atoms with E-state index in [4.69, 9.17) is 5.11 Å². The lowest BCUT2D eigenvalue weighted by atomic mass is 10.1. The molecule has 0 aliphatic carbocycles. The van der Waals surface area contributed by atoms with Crippen LogP contribution >= 0.6 is 0 Å². The second kappa shape index (κ2) is 9.46. The summed E-state index contributed by atoms with van der Waals surface area (Å²) in [4.78, 5) is 12.9. The van der Waals surface area contributed by atoms with Gasteiger partial charge in [-0.2, -0.15) is 0 Å². The maximum absolute atomic E-state index is 10.3. The van der Waals surface area contributed by atoms with Crippen molar-refractivity contribution in [2.75, 3.05) is 19.6 Å². The van der Waals surface area contributed by atoms with E-state index in [1.807, 2.05) is 0 Å². The molecule has 0 radical (unpaired) electrons. The molecule has 1 rings (SSSR count). The van der Waals surface area contributed by atoms with E-state index < -0.39 is 5.97 Å². The molecule has 17 heavy (non-hydrogen) atoms. The van der Waals surface area contributed by atoms with Crippen LogP contribution in [0.5, 0.6) is 0 Å². The number of carbonyl (C=O) groups is 1. The molecule has 1 N–H and O–H groups in total. The van der Waals surface area contributed by atoms with Crippen LogP contribution < -0.4 is 0 Å². The molecular weight excluding hydrogens is 214 g/mol. The van der Waals surface area contributed by atoms with Crippen molar-refractivity contribution in [1.29, 1.82) is 0 Å². The largest absolute Gasteiger partial charge is 0.481 e. The average molecular weight is 241 g/mol. The molecule has 1 aliphatic rings. The monoisotopic (exact) mass is 241 g/mol. The summed E-state index contributed by atoms with van der Waals surface area (Å²) in [7, 11) is 0. The minimum atomic E-state index is -0.657. The van der Waals surface area contributed by atoms with Gasteiger partial charge in [-0.3, -0.25) is 4.79 Å². The Bertz CT molecular complexity index is 200. The zero-order valence-electron chi connectivity index (χ0n) is 11.0. The SMILES string of the molecule is O=C(O)CCCCCCCCCN1CCCC1. The van der Waals surface area contributed by atoms with Crippen molar-refractivity contribution in [3.8, 4) is 0 Å². The second-order valence-corrected chi connectivity index (χ2v) is 5.17. The number of rotatable bonds is 10. The van der Waals surface area contributed by atoms with Crippen molar-refractivity contribution in [2.24, 2.45) is 0 Å². The van der Waals surface area contributed by atoms with Gasteiger partial charge in [0.2, 0.25) is 0 Å². The molecule has 1 saturated heterocycles. The van der Waals surface area contributed by atoms with Gasteiger partial charge in [0.15, 0.2) is 0 Å². The second-order valence-electron chi connectivity index (χ2n) is 5.17. The maximum atomic E-state index is 10.3. The van der Waals surface area contributed by atoms with Crippen LogP contribution in [0.1, 0.15) is 64.2 Å². The molecule has 3 nitrogen and oxygen atoms in total. The van der Waals surface area contributed by atoms with E-state index in [9.17, 15) is 4.79 Å². The Labute approximate surface area is 105 Å². The molecule has 0 aromatic heterocycles. The molecular formula is C14H27NO2. The third-order valence-corrected chi connectivity index (χ3v) is 3.56. The summed E-state index contributed by atoms with van der Waals surface area (Å²) in [5.41, 5.74) is 0. The highest BCUT2D eigenvalue weighted by Crippen LogP contribution is 2.11. The molecule has 0 aromatic carbocycles. The number of likely N-dealkylation sites (tertiary alicyclic amines) is 1. The Hall–Kier alpha value is -0.570. The van der Waals surface area contributed by atoms with E-state index >= 15 is 0 Å². The Balaban J connectivity index is 1.73. The zero-order valence-corrected chi connectivity index (χ0v) is 11.0. The van der Waals surface area contributed by atoms with E-state index in [0.29, 0.717) is 6.42 Å². The van der Waals surface area contributed by atoms with E-state index in [2.05, 4.69) is 4.90 Å². The third kappa shape index (κ3) is 8.19. The fourth-order valence-electron chi connectivity index (χ4n) is 2.50. The predicted molar refractivity (Wildman–Crippen MR) is 70.2 cm³/mol. The Morgan fingerprint density at radius 2 is 1.41 bits per heavy atom. The number of nitrogens with zero attached hydrogens (tertiary/aromatic N) is 1. The Morgan fingerprint density at radius 3 is 2.00 bits per heavy atom. The molecule has 0 atom stereocenters. The molecule has 1 heterocycles. The van der Waals surface area contributed by atoms with E-state index in [-0.39, 0.29) is 0 Å². The molecule has 1 aliphatic heterocycles. The number of aliphatic carboxylic acids is 1. The first-order valence-electron chi connectivity index (χ1n) is 7.23. The van der Waals surface area contributed by atoms with E-state index in [1.54, 1.807) is 0 Å². The Morgan fingerprint density at radius 1 is 0.882 bits per heavy atom. The quantitative estimate of drug-likeness (QED) is 0.597. The summed E-state index contributed by atoms with van der Waals surface area (Å²) in [5, 5.41) is 8.49. The highest BCUT2D eigenvalue weighted by molar-refractivity contribution is 5.66. The maximum Gasteiger partial charge on any atom is 0.303 e. The van der Waals surface area contributed by atoms with Crippen molar-refractivity contribution in [3.63, 3.8) is 0 Å². The van der Waals surface area contributed by atoms with Crippen LogP contribution in [-0.4, -0.2) is 35.6 Å². The van der Waals surface area contributed by atoms with Gasteiger partial charge in [-0.15, -0.1) is 0 Å². The number of hydrogen-bond acceptors (Lipinski definition) is 2. The van der Waals surface area contributed by atoms with Crippen LogP contribution in [0.3, 0.4) is 0 Å². The first-order valence-corrected chi connectivity index (χ1v) is 7.23. The standard InChI is InChI=1S/C14H27NO2/c16-14(17)10-6-4-2-1-3-5-7-11-15-12-8-9-13-15/h1-13H2,(H,16,17). The fraction of sp³-hybridized carbons (Fsp3) is 0.929. The number of carboxylic acids is 1. The fourth-order valence-corrected chi connectivity index (χ4v) is 2.50. The first-order chi connectivity index (χ1) is 8.29. The van der Waals surface area contributed by atoms with Gasteiger partial charge in [-0.05, 0) is 45.3 Å². The summed E-state index contributed by atoms with van der Waals surface area (Å²) in [6, 6.07) is 0. The van der Waals surface area contributed by atoms with Crippen LogP contribution in [0, 0.1) is 0 Å². The predicted octanol–water partition coefficient (Wildman–Crippen LogP) is 3.29. The molecule has 0 unspecified atom stereocenters. The molecule has 0 amide bonds. The summed E-state index contributed by atoms with van der Waals surface area (Å²) in [5.74, 6) is -0.657. The van der Waals surface area contributed by atoms with Crippen molar-refractivity contribution < 1.29 is 9.90 Å². The van der Waals surface area contributed by atoms with E-state index in [1.165, 1.54) is 64.6 Å². The zero-order chi connectivity index (χ0) is 12.3. The smallest absolute Gasteiger partial charge is 0.303 e. The first kappa shape index (κ1) is 14.5. The molecule has 1 fully saturated rings. The van der Waals surface area contributed by atoms with Crippen molar-refractivity contribution in [1.82, 2.24) is 4.90 Å². The molecule has 0 saturated carbocycles. The van der Waals surface area contributed by atoms with Gasteiger partial charge in [0.1, 0.15) is 0 Å². The lowest BCUT2D eigenvalue weighted by Gasteiger charge is -2.13. The van der Waals surface area contributed by atoms with Gasteiger partial charge in [0.05, 0.1) is 0 Å². The van der Waals surface area contributed by atoms with E-state index in [0.717, 1.165) is 12.8 Å². The van der Waals surface area contributed by atoms with Gasteiger partial charge in [0, 0.05) is 6.42 Å². The third-order valence-electron chi connectivity index (χ3n) is 3.56. The lowest BCUT2D eigenvalue weighted by Crippen LogP contribution is -2.20. The van der Waals surface area contributed by atoms with Crippen LogP contribution in [0.4, 0.5) is 0 Å². The minimum Gasteiger partial charge on any atom is -0.481 e. The molecule has 3 heteroatoms. The number of hydrogen-bond donors (Lipinski definition) is 1. The molecule has 0 spiro atoms. The Kier molecular flexibility index (Phi) is 8.06. The highest BCUT2D eigenvalue weighted by Gasteiger charge is 2.09. The lowest BCUT2D eigenvalue weighted by molar-refractivity contribution is -0.137. The van der Waals surface area contributed by atoms with Crippen LogP contribution in [0.15, 0.2) is 0 Å². The average Bonchev–Trinajstić information content (AvgIpc) is 2.79. The molecule has 0 aromatic rings. The summed E-state index contributed by atoms with van der Waals surface area (Å²) in [6.07, 6.45) is 11.5. The van der Waals surface area contributed by atoms with Gasteiger partial charge in [0.25, 0.3) is 0 Å². The summed E-state index contributed by atoms with van der Waals surface area (Å²) < 4.78 is 0.